The summed E-state index contributed by atoms with van der Waals surface area (Å²) in [5, 5.41) is 10.2. The van der Waals surface area contributed by atoms with Gasteiger partial charge in [-0.15, -0.1) is 11.6 Å². The molecule has 2 aromatic heterocycles. The quantitative estimate of drug-likeness (QED) is 0.255. The summed E-state index contributed by atoms with van der Waals surface area (Å²) < 4.78 is 1.90. The number of nitrogens with zero attached hydrogens (tertiary/aromatic N) is 4. The number of anilines is 2. The highest BCUT2D eigenvalue weighted by Gasteiger charge is 2.21. The van der Waals surface area contributed by atoms with E-state index in [1.165, 1.54) is 25.7 Å². The lowest BCUT2D eigenvalue weighted by Crippen LogP contribution is -2.08. The van der Waals surface area contributed by atoms with Gasteiger partial charge in [0.2, 0.25) is 0 Å². The fourth-order valence-corrected chi connectivity index (χ4v) is 5.38. The molecule has 0 aliphatic heterocycles. The Hall–Kier alpha value is -2.57. The second kappa shape index (κ2) is 9.28. The zero-order chi connectivity index (χ0) is 21.0. The van der Waals surface area contributed by atoms with E-state index in [1.807, 2.05) is 71.5 Å². The summed E-state index contributed by atoms with van der Waals surface area (Å²) >= 11 is 8.50. The maximum absolute atomic E-state index is 6.72. The minimum Gasteiger partial charge on any atom is -0.339 e. The van der Waals surface area contributed by atoms with Crippen LogP contribution in [0.5, 0.6) is 0 Å². The fourth-order valence-electron chi connectivity index (χ4n) is 3.95. The lowest BCUT2D eigenvalue weighted by molar-refractivity contribution is 0.613. The van der Waals surface area contributed by atoms with Gasteiger partial charge >= 0.3 is 0 Å². The minimum atomic E-state index is -0.185. The molecule has 0 amide bonds. The monoisotopic (exact) mass is 449 g/mol. The topological polar surface area (TPSA) is 55.6 Å². The zero-order valence-electron chi connectivity index (χ0n) is 17.1. The van der Waals surface area contributed by atoms with Crippen molar-refractivity contribution in [1.82, 2.24) is 19.7 Å². The van der Waals surface area contributed by atoms with Gasteiger partial charge in [-0.05, 0) is 30.5 Å². The van der Waals surface area contributed by atoms with Crippen molar-refractivity contribution in [3.05, 3.63) is 72.4 Å². The van der Waals surface area contributed by atoms with E-state index in [4.69, 9.17) is 21.6 Å². The maximum atomic E-state index is 6.72. The third-order valence-corrected chi connectivity index (χ3v) is 7.17. The number of halogens is 1. The van der Waals surface area contributed by atoms with Gasteiger partial charge in [0.1, 0.15) is 5.82 Å². The molecule has 158 valence electrons. The Morgan fingerprint density at radius 2 is 1.71 bits per heavy atom. The number of hydrogen-bond acceptors (Lipinski definition) is 5. The highest BCUT2D eigenvalue weighted by atomic mass is 35.5. The van der Waals surface area contributed by atoms with E-state index in [9.17, 15) is 0 Å². The van der Waals surface area contributed by atoms with Crippen LogP contribution >= 0.6 is 23.4 Å². The number of aromatic nitrogens is 4. The Morgan fingerprint density at radius 3 is 2.45 bits per heavy atom. The van der Waals surface area contributed by atoms with Gasteiger partial charge in [0.25, 0.3) is 0 Å². The van der Waals surface area contributed by atoms with Gasteiger partial charge in [-0.3, -0.25) is 0 Å². The molecule has 31 heavy (non-hydrogen) atoms. The van der Waals surface area contributed by atoms with Crippen LogP contribution in [0.4, 0.5) is 11.5 Å². The molecule has 5 rings (SSSR count). The minimum absolute atomic E-state index is 0.185. The first-order valence-corrected chi connectivity index (χ1v) is 12.0. The molecule has 0 saturated heterocycles. The number of alkyl halides is 1. The summed E-state index contributed by atoms with van der Waals surface area (Å²) in [5.74, 6) is 0.786. The van der Waals surface area contributed by atoms with Crippen molar-refractivity contribution in [1.29, 1.82) is 0 Å². The van der Waals surface area contributed by atoms with Crippen molar-refractivity contribution in [2.24, 2.45) is 0 Å². The summed E-state index contributed by atoms with van der Waals surface area (Å²) in [7, 11) is 0. The Bertz CT molecular complexity index is 1140. The van der Waals surface area contributed by atoms with Gasteiger partial charge in [0.05, 0.1) is 23.5 Å². The smallest absolute Gasteiger partial charge is 0.191 e. The normalized spacial score (nSPS) is 15.4. The number of hydrogen-bond donors (Lipinski definition) is 1. The van der Waals surface area contributed by atoms with Crippen molar-refractivity contribution >= 4 is 45.9 Å². The number of nitrogens with one attached hydrogen (secondary N) is 1. The summed E-state index contributed by atoms with van der Waals surface area (Å²) in [4.78, 5) is 9.77. The lowest BCUT2D eigenvalue weighted by Gasteiger charge is -2.13. The van der Waals surface area contributed by atoms with Crippen LogP contribution < -0.4 is 5.32 Å². The van der Waals surface area contributed by atoms with E-state index in [2.05, 4.69) is 10.4 Å². The highest BCUT2D eigenvalue weighted by molar-refractivity contribution is 7.99. The molecule has 4 aromatic rings. The molecule has 1 saturated carbocycles. The number of benzene rings is 2. The van der Waals surface area contributed by atoms with E-state index < -0.39 is 0 Å². The van der Waals surface area contributed by atoms with E-state index in [-0.39, 0.29) is 5.38 Å². The van der Waals surface area contributed by atoms with E-state index in [0.29, 0.717) is 11.8 Å². The highest BCUT2D eigenvalue weighted by Crippen LogP contribution is 2.35. The molecule has 7 heteroatoms. The molecule has 0 spiro atoms. The van der Waals surface area contributed by atoms with Crippen molar-refractivity contribution in [3.8, 4) is 0 Å². The largest absolute Gasteiger partial charge is 0.339 e. The molecule has 2 aromatic carbocycles. The average Bonchev–Trinajstić information content (AvgIpc) is 3.46. The lowest BCUT2D eigenvalue weighted by atomic mass is 10.1. The van der Waals surface area contributed by atoms with Crippen LogP contribution in [-0.4, -0.2) is 25.0 Å². The van der Waals surface area contributed by atoms with Crippen LogP contribution in [0.1, 0.15) is 36.6 Å². The van der Waals surface area contributed by atoms with E-state index in [0.717, 1.165) is 33.3 Å². The Kier molecular flexibility index (Phi) is 6.09. The van der Waals surface area contributed by atoms with E-state index in [1.54, 1.807) is 11.8 Å². The molecule has 0 bridgehead atoms. The second-order valence-electron chi connectivity index (χ2n) is 7.81. The number of fused-ring (bicyclic) bond motifs is 1. The maximum Gasteiger partial charge on any atom is 0.191 e. The van der Waals surface area contributed by atoms with E-state index >= 15 is 0 Å². The van der Waals surface area contributed by atoms with Crippen molar-refractivity contribution in [2.75, 3.05) is 5.32 Å². The SMILES string of the molecule is ClC(Cn1ncc2c(Nc3ccccc3)nc(SC3CCCC3)nc21)c1ccccc1. The molecule has 2 heterocycles. The molecule has 0 radical (unpaired) electrons. The second-order valence-corrected chi connectivity index (χ2v) is 9.61. The predicted octanol–water partition coefficient (Wildman–Crippen LogP) is 6.58. The average molecular weight is 450 g/mol. The summed E-state index contributed by atoms with van der Waals surface area (Å²) in [6.07, 6.45) is 6.87. The van der Waals surface area contributed by atoms with Crippen LogP contribution in [0.3, 0.4) is 0 Å². The Morgan fingerprint density at radius 1 is 1.00 bits per heavy atom. The van der Waals surface area contributed by atoms with Crippen molar-refractivity contribution in [3.63, 3.8) is 0 Å². The third kappa shape index (κ3) is 4.70. The first-order valence-electron chi connectivity index (χ1n) is 10.7. The molecular weight excluding hydrogens is 426 g/mol. The number of thioether (sulfide) groups is 1. The summed E-state index contributed by atoms with van der Waals surface area (Å²) in [5.41, 5.74) is 2.88. The van der Waals surface area contributed by atoms with Crippen LogP contribution in [-0.2, 0) is 6.54 Å². The molecule has 1 aliphatic rings. The van der Waals surface area contributed by atoms with Crippen molar-refractivity contribution < 1.29 is 0 Å². The van der Waals surface area contributed by atoms with Crippen molar-refractivity contribution in [2.45, 2.75) is 48.0 Å². The third-order valence-electron chi connectivity index (χ3n) is 5.58. The van der Waals surface area contributed by atoms with Crippen LogP contribution in [0.25, 0.3) is 11.0 Å². The fraction of sp³-hybridized carbons (Fsp3) is 0.292. The van der Waals surface area contributed by atoms with Gasteiger partial charge in [-0.2, -0.15) is 5.10 Å². The Labute approximate surface area is 191 Å². The van der Waals surface area contributed by atoms with Crippen LogP contribution in [0, 0.1) is 0 Å². The van der Waals surface area contributed by atoms with Crippen LogP contribution in [0.15, 0.2) is 72.0 Å². The van der Waals surface area contributed by atoms with Crippen LogP contribution in [0.2, 0.25) is 0 Å². The Balaban J connectivity index is 1.50. The molecule has 1 fully saturated rings. The van der Waals surface area contributed by atoms with Gasteiger partial charge in [0.15, 0.2) is 10.8 Å². The molecular formula is C24H24ClN5S. The standard InChI is InChI=1S/C24H24ClN5S/c25-21(17-9-3-1-4-10-17)16-30-23-20(15-26-30)22(27-18-11-5-2-6-12-18)28-24(29-23)31-19-13-7-8-14-19/h1-6,9-12,15,19,21H,7-8,13-14,16H2,(H,27,28,29). The molecule has 1 atom stereocenters. The predicted molar refractivity (Wildman–Crippen MR) is 128 cm³/mol. The molecule has 1 aliphatic carbocycles. The number of para-hydroxylation sites is 1. The molecule has 5 nitrogen and oxygen atoms in total. The zero-order valence-corrected chi connectivity index (χ0v) is 18.7. The van der Waals surface area contributed by atoms with Gasteiger partial charge in [0, 0.05) is 10.9 Å². The van der Waals surface area contributed by atoms with Gasteiger partial charge < -0.3 is 5.32 Å². The number of rotatable bonds is 7. The summed E-state index contributed by atoms with van der Waals surface area (Å²) in [6.45, 7) is 0.546. The van der Waals surface area contributed by atoms with Gasteiger partial charge in [-0.1, -0.05) is 73.1 Å². The first-order chi connectivity index (χ1) is 15.3. The molecule has 1 N–H and O–H groups in total. The first kappa shape index (κ1) is 20.3. The van der Waals surface area contributed by atoms with Gasteiger partial charge in [-0.25, -0.2) is 14.6 Å². The molecule has 1 unspecified atom stereocenters. The summed E-state index contributed by atoms with van der Waals surface area (Å²) in [6, 6.07) is 20.2.